The Morgan fingerprint density at radius 1 is 1.67 bits per heavy atom. The van der Waals surface area contributed by atoms with Crippen LogP contribution in [-0.2, 0) is 0 Å². The van der Waals surface area contributed by atoms with Gasteiger partial charge in [-0.2, -0.15) is 0 Å². The third-order valence-corrected chi connectivity index (χ3v) is 1.95. The van der Waals surface area contributed by atoms with E-state index in [1.165, 1.54) is 18.2 Å². The van der Waals surface area contributed by atoms with Crippen LogP contribution in [0, 0.1) is 5.82 Å². The van der Waals surface area contributed by atoms with Crippen molar-refractivity contribution in [2.24, 2.45) is 0 Å². The second-order valence-corrected chi connectivity index (χ2v) is 3.26. The minimum Gasteiger partial charge on any atom is -0.396 e. The Kier molecular flexibility index (Phi) is 3.62. The van der Waals surface area contributed by atoms with E-state index in [0.29, 0.717) is 0 Å². The number of anilines is 1. The Balaban J connectivity index is 2.87. The first kappa shape index (κ1) is 11.5. The van der Waals surface area contributed by atoms with Gasteiger partial charge in [-0.05, 0) is 19.1 Å². The summed E-state index contributed by atoms with van der Waals surface area (Å²) >= 11 is 0. The van der Waals surface area contributed by atoms with E-state index in [1.54, 1.807) is 6.92 Å². The quantitative estimate of drug-likeness (QED) is 0.639. The number of hydrogen-bond donors (Lipinski definition) is 3. The van der Waals surface area contributed by atoms with Crippen LogP contribution in [0.25, 0.3) is 0 Å². The molecule has 0 heterocycles. The predicted octanol–water partition coefficient (Wildman–Crippen LogP) is 0.519. The molecule has 4 N–H and O–H groups in total. The van der Waals surface area contributed by atoms with E-state index in [2.05, 4.69) is 5.32 Å². The number of amides is 1. The smallest absolute Gasteiger partial charge is 0.253 e. The van der Waals surface area contributed by atoms with Crippen LogP contribution in [0.3, 0.4) is 0 Å². The molecule has 1 amide bonds. The van der Waals surface area contributed by atoms with Gasteiger partial charge < -0.3 is 16.2 Å². The number of benzene rings is 1. The molecule has 0 aliphatic carbocycles. The van der Waals surface area contributed by atoms with Crippen LogP contribution in [0.4, 0.5) is 10.1 Å². The summed E-state index contributed by atoms with van der Waals surface area (Å²) in [6.07, 6.45) is 0. The second-order valence-electron chi connectivity index (χ2n) is 3.26. The summed E-state index contributed by atoms with van der Waals surface area (Å²) in [4.78, 5) is 11.5. The highest BCUT2D eigenvalue weighted by Gasteiger charge is 2.13. The number of aliphatic hydroxyl groups is 1. The molecular weight excluding hydrogens is 199 g/mol. The zero-order valence-electron chi connectivity index (χ0n) is 8.33. The first-order valence-corrected chi connectivity index (χ1v) is 4.52. The molecule has 1 aromatic carbocycles. The van der Waals surface area contributed by atoms with Gasteiger partial charge in [-0.15, -0.1) is 0 Å². The van der Waals surface area contributed by atoms with E-state index >= 15 is 0 Å². The lowest BCUT2D eigenvalue weighted by Gasteiger charge is -2.12. The molecule has 0 aliphatic heterocycles. The van der Waals surface area contributed by atoms with Crippen molar-refractivity contribution in [2.75, 3.05) is 12.3 Å². The van der Waals surface area contributed by atoms with Crippen molar-refractivity contribution in [3.05, 3.63) is 29.6 Å². The fourth-order valence-electron chi connectivity index (χ4n) is 1.08. The molecule has 1 aromatic rings. The number of aliphatic hydroxyl groups excluding tert-OH is 1. The van der Waals surface area contributed by atoms with Crippen LogP contribution in [0.2, 0.25) is 0 Å². The molecule has 0 aromatic heterocycles. The van der Waals surface area contributed by atoms with Crippen molar-refractivity contribution in [3.63, 3.8) is 0 Å². The SMILES string of the molecule is C[C@H](CO)NC(=O)c1cccc(F)c1N. The van der Waals surface area contributed by atoms with Crippen LogP contribution in [0.15, 0.2) is 18.2 Å². The molecule has 5 heteroatoms. The average molecular weight is 212 g/mol. The van der Waals surface area contributed by atoms with Gasteiger partial charge in [0.1, 0.15) is 5.82 Å². The fourth-order valence-corrected chi connectivity index (χ4v) is 1.08. The standard InChI is InChI=1S/C10H13FN2O2/c1-6(5-14)13-10(15)7-3-2-4-8(11)9(7)12/h2-4,6,14H,5,12H2,1H3,(H,13,15)/t6-/m1/s1. The van der Waals surface area contributed by atoms with Crippen molar-refractivity contribution in [1.82, 2.24) is 5.32 Å². The summed E-state index contributed by atoms with van der Waals surface area (Å²) in [6.45, 7) is 1.45. The molecule has 1 rings (SSSR count). The average Bonchev–Trinajstić information content (AvgIpc) is 2.21. The van der Waals surface area contributed by atoms with Gasteiger partial charge in [-0.1, -0.05) is 6.07 Å². The van der Waals surface area contributed by atoms with E-state index in [0.717, 1.165) is 0 Å². The van der Waals surface area contributed by atoms with E-state index in [-0.39, 0.29) is 23.9 Å². The van der Waals surface area contributed by atoms with Gasteiger partial charge in [0.15, 0.2) is 0 Å². The van der Waals surface area contributed by atoms with Crippen molar-refractivity contribution in [1.29, 1.82) is 0 Å². The number of carbonyl (C=O) groups excluding carboxylic acids is 1. The summed E-state index contributed by atoms with van der Waals surface area (Å²) in [5.41, 5.74) is 5.30. The minimum atomic E-state index is -0.626. The van der Waals surface area contributed by atoms with E-state index in [4.69, 9.17) is 10.8 Å². The zero-order valence-corrected chi connectivity index (χ0v) is 8.33. The summed E-state index contributed by atoms with van der Waals surface area (Å²) in [7, 11) is 0. The van der Waals surface area contributed by atoms with Crippen LogP contribution in [0.5, 0.6) is 0 Å². The number of nitrogen functional groups attached to an aromatic ring is 1. The Labute approximate surface area is 86.9 Å². The maximum Gasteiger partial charge on any atom is 0.253 e. The number of halogens is 1. The van der Waals surface area contributed by atoms with Crippen molar-refractivity contribution >= 4 is 11.6 Å². The molecule has 0 saturated carbocycles. The molecule has 0 radical (unpaired) electrons. The monoisotopic (exact) mass is 212 g/mol. The first-order chi connectivity index (χ1) is 7.06. The summed E-state index contributed by atoms with van der Waals surface area (Å²) in [5, 5.41) is 11.2. The normalized spacial score (nSPS) is 12.2. The highest BCUT2D eigenvalue weighted by Crippen LogP contribution is 2.15. The highest BCUT2D eigenvalue weighted by atomic mass is 19.1. The Morgan fingerprint density at radius 3 is 2.93 bits per heavy atom. The Morgan fingerprint density at radius 2 is 2.33 bits per heavy atom. The van der Waals surface area contributed by atoms with E-state index in [9.17, 15) is 9.18 Å². The number of nitrogens with one attached hydrogen (secondary N) is 1. The van der Waals surface area contributed by atoms with Crippen LogP contribution < -0.4 is 11.1 Å². The zero-order chi connectivity index (χ0) is 11.4. The molecule has 0 bridgehead atoms. The van der Waals surface area contributed by atoms with Gasteiger partial charge in [0, 0.05) is 6.04 Å². The van der Waals surface area contributed by atoms with Crippen molar-refractivity contribution in [3.8, 4) is 0 Å². The molecule has 15 heavy (non-hydrogen) atoms. The lowest BCUT2D eigenvalue weighted by molar-refractivity contribution is 0.0923. The highest BCUT2D eigenvalue weighted by molar-refractivity contribution is 5.99. The molecule has 1 atom stereocenters. The molecule has 4 nitrogen and oxygen atoms in total. The molecule has 0 unspecified atom stereocenters. The molecule has 0 saturated heterocycles. The number of rotatable bonds is 3. The number of carbonyl (C=O) groups is 1. The van der Waals surface area contributed by atoms with Gasteiger partial charge in [-0.25, -0.2) is 4.39 Å². The van der Waals surface area contributed by atoms with Gasteiger partial charge >= 0.3 is 0 Å². The predicted molar refractivity (Wildman–Crippen MR) is 54.8 cm³/mol. The largest absolute Gasteiger partial charge is 0.396 e. The van der Waals surface area contributed by atoms with Gasteiger partial charge in [0.25, 0.3) is 5.91 Å². The van der Waals surface area contributed by atoms with Crippen molar-refractivity contribution in [2.45, 2.75) is 13.0 Å². The van der Waals surface area contributed by atoms with Crippen molar-refractivity contribution < 1.29 is 14.3 Å². The third-order valence-electron chi connectivity index (χ3n) is 1.95. The van der Waals surface area contributed by atoms with E-state index in [1.807, 2.05) is 0 Å². The minimum absolute atomic E-state index is 0.0790. The molecular formula is C10H13FN2O2. The maximum atomic E-state index is 13.0. The third kappa shape index (κ3) is 2.66. The van der Waals surface area contributed by atoms with Crippen LogP contribution >= 0.6 is 0 Å². The topological polar surface area (TPSA) is 75.3 Å². The Bertz CT molecular complexity index is 368. The number of para-hydroxylation sites is 1. The number of nitrogens with two attached hydrogens (primary N) is 1. The molecule has 82 valence electrons. The maximum absolute atomic E-state index is 13.0. The molecule has 0 fully saturated rings. The lowest BCUT2D eigenvalue weighted by atomic mass is 10.1. The molecule has 0 spiro atoms. The van der Waals surface area contributed by atoms with Crippen LogP contribution in [0.1, 0.15) is 17.3 Å². The van der Waals surface area contributed by atoms with Gasteiger partial charge in [-0.3, -0.25) is 4.79 Å². The summed E-state index contributed by atoms with van der Waals surface area (Å²) in [5.74, 6) is -1.12. The van der Waals surface area contributed by atoms with Gasteiger partial charge in [0.05, 0.1) is 17.9 Å². The summed E-state index contributed by atoms with van der Waals surface area (Å²) in [6, 6.07) is 3.63. The van der Waals surface area contributed by atoms with E-state index < -0.39 is 11.7 Å². The fraction of sp³-hybridized carbons (Fsp3) is 0.300. The number of hydrogen-bond acceptors (Lipinski definition) is 3. The Hall–Kier alpha value is -1.62. The summed E-state index contributed by atoms with van der Waals surface area (Å²) < 4.78 is 13.0. The second kappa shape index (κ2) is 4.75. The first-order valence-electron chi connectivity index (χ1n) is 4.52. The van der Waals surface area contributed by atoms with Crippen LogP contribution in [-0.4, -0.2) is 23.7 Å². The molecule has 0 aliphatic rings. The van der Waals surface area contributed by atoms with Gasteiger partial charge in [0.2, 0.25) is 0 Å². The lowest BCUT2D eigenvalue weighted by Crippen LogP contribution is -2.35.